The number of fused-ring (bicyclic) bond motifs is 2. The third-order valence-corrected chi connectivity index (χ3v) is 5.84. The molecule has 8 nitrogen and oxygen atoms in total. The first kappa shape index (κ1) is 21.2. The maximum Gasteiger partial charge on any atom is 0.212 e. The van der Waals surface area contributed by atoms with Gasteiger partial charge in [0, 0.05) is 17.8 Å². The van der Waals surface area contributed by atoms with Crippen molar-refractivity contribution in [2.75, 3.05) is 14.2 Å². The second-order valence-electron chi connectivity index (χ2n) is 8.16. The van der Waals surface area contributed by atoms with Crippen molar-refractivity contribution in [3.63, 3.8) is 0 Å². The van der Waals surface area contributed by atoms with E-state index < -0.39 is 0 Å². The molecule has 4 aromatic rings. The molecule has 3 aromatic heterocycles. The van der Waals surface area contributed by atoms with E-state index in [1.807, 2.05) is 59.0 Å². The van der Waals surface area contributed by atoms with Crippen molar-refractivity contribution in [1.29, 1.82) is 0 Å². The maximum atomic E-state index is 6.36. The largest absolute Gasteiger partial charge is 0.493 e. The number of ether oxygens (including phenoxy) is 4. The molecule has 0 saturated carbocycles. The average molecular weight is 442 g/mol. The molecule has 0 spiro atoms. The second-order valence-corrected chi connectivity index (χ2v) is 8.16. The molecule has 1 aliphatic rings. The summed E-state index contributed by atoms with van der Waals surface area (Å²) in [5.41, 5.74) is 5.52. The Kier molecular flexibility index (Phi) is 5.36. The summed E-state index contributed by atoms with van der Waals surface area (Å²) in [5.74, 6) is 2.41. The Morgan fingerprint density at radius 1 is 1.03 bits per heavy atom. The molecule has 5 rings (SSSR count). The topological polar surface area (TPSA) is 80.5 Å². The molecule has 0 saturated heterocycles. The van der Waals surface area contributed by atoms with Crippen LogP contribution in [0.5, 0.6) is 23.1 Å². The lowest BCUT2D eigenvalue weighted by Crippen LogP contribution is -2.31. The van der Waals surface area contributed by atoms with Gasteiger partial charge in [0.1, 0.15) is 11.6 Å². The summed E-state index contributed by atoms with van der Waals surface area (Å²) in [7, 11) is 7.19. The van der Waals surface area contributed by atoms with E-state index in [1.165, 1.54) is 0 Å². The smallest absolute Gasteiger partial charge is 0.212 e. The lowest BCUT2D eigenvalue weighted by Gasteiger charge is -2.33. The van der Waals surface area contributed by atoms with Crippen molar-refractivity contribution in [2.24, 2.45) is 0 Å². The van der Waals surface area contributed by atoms with Crippen molar-refractivity contribution < 1.29 is 18.9 Å². The predicted octanol–water partition coefficient (Wildman–Crippen LogP) is 0.310. The molecule has 0 bridgehead atoms. The molecule has 166 valence electrons. The average Bonchev–Trinajstić information content (AvgIpc) is 3.12. The maximum absolute atomic E-state index is 6.36. The summed E-state index contributed by atoms with van der Waals surface area (Å²) in [6.45, 7) is 2.57. The number of nitrogens with zero attached hydrogens (tertiary/aromatic N) is 4. The van der Waals surface area contributed by atoms with Gasteiger partial charge in [0.15, 0.2) is 38.9 Å². The molecule has 2 atom stereocenters. The molecule has 0 fully saturated rings. The molecular weight excluding hydrogens is 418 g/mol. The number of methoxy groups -OCH3 is 2. The van der Waals surface area contributed by atoms with Gasteiger partial charge in [0.05, 0.1) is 26.5 Å². The summed E-state index contributed by atoms with van der Waals surface area (Å²) in [6.07, 6.45) is 1.22. The summed E-state index contributed by atoms with van der Waals surface area (Å²) < 4.78 is 25.6. The molecule has 0 N–H and O–H groups in total. The van der Waals surface area contributed by atoms with E-state index in [4.69, 9.17) is 18.9 Å². The number of aromatic nitrogens is 4. The number of hydrogen-bond donors (Lipinski definition) is 0. The number of imidazole rings is 1. The van der Waals surface area contributed by atoms with Crippen LogP contribution in [-0.2, 0) is 6.54 Å². The highest BCUT2D eigenvalue weighted by Gasteiger charge is 2.32. The molecule has 33 heavy (non-hydrogen) atoms. The molecular formula is C23H24B2N4O4. The van der Waals surface area contributed by atoms with E-state index in [9.17, 15) is 0 Å². The summed E-state index contributed by atoms with van der Waals surface area (Å²) in [6, 6.07) is 11.7. The molecule has 0 amide bonds. The van der Waals surface area contributed by atoms with Gasteiger partial charge in [-0.15, -0.1) is 0 Å². The molecule has 4 heterocycles. The number of rotatable bonds is 5. The van der Waals surface area contributed by atoms with Crippen molar-refractivity contribution in [3.05, 3.63) is 53.7 Å². The van der Waals surface area contributed by atoms with E-state index in [-0.39, 0.29) is 12.2 Å². The number of pyridine rings is 2. The Balaban J connectivity index is 1.49. The fourth-order valence-corrected chi connectivity index (χ4v) is 4.16. The van der Waals surface area contributed by atoms with Gasteiger partial charge >= 0.3 is 0 Å². The zero-order chi connectivity index (χ0) is 23.1. The Hall–Kier alpha value is -3.68. The van der Waals surface area contributed by atoms with Crippen LogP contribution in [0.25, 0.3) is 11.2 Å². The highest BCUT2D eigenvalue weighted by Crippen LogP contribution is 2.46. The van der Waals surface area contributed by atoms with Crippen LogP contribution in [0.15, 0.2) is 42.6 Å². The van der Waals surface area contributed by atoms with Crippen LogP contribution in [0.2, 0.25) is 0 Å². The Morgan fingerprint density at radius 3 is 2.61 bits per heavy atom. The van der Waals surface area contributed by atoms with E-state index >= 15 is 0 Å². The van der Waals surface area contributed by atoms with Crippen LogP contribution in [-0.4, -0.2) is 55.5 Å². The molecule has 10 heteroatoms. The van der Waals surface area contributed by atoms with Gasteiger partial charge in [-0.1, -0.05) is 0 Å². The van der Waals surface area contributed by atoms with E-state index in [1.54, 1.807) is 20.4 Å². The van der Waals surface area contributed by atoms with Crippen molar-refractivity contribution in [2.45, 2.75) is 25.7 Å². The number of benzene rings is 1. The molecule has 0 aliphatic carbocycles. The summed E-state index contributed by atoms with van der Waals surface area (Å²) >= 11 is 0. The summed E-state index contributed by atoms with van der Waals surface area (Å²) in [4.78, 5) is 13.6. The van der Waals surface area contributed by atoms with Gasteiger partial charge in [-0.3, -0.25) is 0 Å². The number of hydrogen-bond acceptors (Lipinski definition) is 7. The zero-order valence-electron chi connectivity index (χ0n) is 19.3. The SMILES string of the molecule is Bc1ccc2nc(B)n(Cc3cc(OC)c4c(c3)O[C@@H](C)[C@H](c3ccc(OC)nc3)O4)c2n1. The fourth-order valence-electron chi connectivity index (χ4n) is 4.16. The second kappa shape index (κ2) is 8.35. The van der Waals surface area contributed by atoms with Gasteiger partial charge in [-0.25, -0.2) is 15.0 Å². The normalized spacial score (nSPS) is 17.2. The first-order valence-corrected chi connectivity index (χ1v) is 10.8. The Labute approximate surface area is 193 Å². The lowest BCUT2D eigenvalue weighted by molar-refractivity contribution is 0.0277. The molecule has 1 aromatic carbocycles. The third-order valence-electron chi connectivity index (χ3n) is 5.84. The Bertz CT molecular complexity index is 1330. The first-order valence-electron chi connectivity index (χ1n) is 10.8. The van der Waals surface area contributed by atoms with E-state index in [0.29, 0.717) is 29.7 Å². The minimum Gasteiger partial charge on any atom is -0.493 e. The third kappa shape index (κ3) is 3.86. The van der Waals surface area contributed by atoms with Crippen LogP contribution < -0.4 is 30.3 Å². The van der Waals surface area contributed by atoms with Gasteiger partial charge < -0.3 is 23.5 Å². The highest BCUT2D eigenvalue weighted by atomic mass is 16.6. The predicted molar refractivity (Wildman–Crippen MR) is 130 cm³/mol. The standard InChI is InChI=1S/C23H24B2N4O4/c1-12-20(14-4-7-19(31-3)26-10-14)33-21-16(30-2)8-13(9-17(21)32-12)11-29-22-15(27-23(29)25)5-6-18(24)28-22/h4-10,12,20H,11,24-25H2,1-3H3/t12-,20+/m0/s1. The molecule has 0 unspecified atom stereocenters. The van der Waals surface area contributed by atoms with Crippen molar-refractivity contribution in [1.82, 2.24) is 19.5 Å². The van der Waals surface area contributed by atoms with Gasteiger partial charge in [-0.05, 0) is 48.4 Å². The Morgan fingerprint density at radius 2 is 1.88 bits per heavy atom. The quantitative estimate of drug-likeness (QED) is 0.412. The van der Waals surface area contributed by atoms with Crippen LogP contribution in [0.4, 0.5) is 0 Å². The minimum absolute atomic E-state index is 0.215. The van der Waals surface area contributed by atoms with Gasteiger partial charge in [-0.2, -0.15) is 0 Å². The van der Waals surface area contributed by atoms with Crippen LogP contribution in [0, 0.1) is 0 Å². The van der Waals surface area contributed by atoms with Gasteiger partial charge in [0.25, 0.3) is 0 Å². The van der Waals surface area contributed by atoms with E-state index in [2.05, 4.69) is 19.5 Å². The van der Waals surface area contributed by atoms with Crippen molar-refractivity contribution >= 4 is 38.2 Å². The van der Waals surface area contributed by atoms with Crippen LogP contribution in [0.1, 0.15) is 24.2 Å². The van der Waals surface area contributed by atoms with E-state index in [0.717, 1.165) is 33.6 Å². The summed E-state index contributed by atoms with van der Waals surface area (Å²) in [5, 5.41) is 0. The first-order chi connectivity index (χ1) is 16.0. The van der Waals surface area contributed by atoms with Gasteiger partial charge in [0.2, 0.25) is 11.6 Å². The highest BCUT2D eigenvalue weighted by molar-refractivity contribution is 6.32. The van der Waals surface area contributed by atoms with Crippen molar-refractivity contribution in [3.8, 4) is 23.1 Å². The monoisotopic (exact) mass is 442 g/mol. The fraction of sp³-hybridized carbons (Fsp3) is 0.261. The zero-order valence-corrected chi connectivity index (χ0v) is 19.3. The lowest BCUT2D eigenvalue weighted by atomic mass is 10.0. The molecule has 1 aliphatic heterocycles. The minimum atomic E-state index is -0.317. The van der Waals surface area contributed by atoms with Crippen LogP contribution in [0.3, 0.4) is 0 Å². The molecule has 0 radical (unpaired) electrons. The van der Waals surface area contributed by atoms with Crippen LogP contribution >= 0.6 is 0 Å².